The molecule has 0 aromatic rings. The molecule has 0 saturated carbocycles. The van der Waals surface area contributed by atoms with E-state index in [1.54, 1.807) is 0 Å². The summed E-state index contributed by atoms with van der Waals surface area (Å²) >= 11 is 0. The van der Waals surface area contributed by atoms with E-state index in [4.69, 9.17) is 9.84 Å². The summed E-state index contributed by atoms with van der Waals surface area (Å²) in [5, 5.41) is 28.2. The van der Waals surface area contributed by atoms with Gasteiger partial charge < -0.3 is 20.1 Å². The van der Waals surface area contributed by atoms with Crippen molar-refractivity contribution in [2.24, 2.45) is 0 Å². The van der Waals surface area contributed by atoms with Crippen LogP contribution >= 0.6 is 0 Å². The van der Waals surface area contributed by atoms with Crippen molar-refractivity contribution < 1.29 is 20.1 Å². The van der Waals surface area contributed by atoms with E-state index in [0.29, 0.717) is 6.42 Å². The zero-order valence-corrected chi connectivity index (χ0v) is 15.1. The molecule has 0 aromatic carbocycles. The van der Waals surface area contributed by atoms with Crippen molar-refractivity contribution in [1.82, 2.24) is 0 Å². The van der Waals surface area contributed by atoms with E-state index >= 15 is 0 Å². The molecule has 0 aliphatic carbocycles. The van der Waals surface area contributed by atoms with Crippen molar-refractivity contribution in [3.8, 4) is 0 Å². The minimum absolute atomic E-state index is 0.405. The lowest BCUT2D eigenvalue weighted by Gasteiger charge is -2.08. The van der Waals surface area contributed by atoms with Gasteiger partial charge in [0.05, 0.1) is 0 Å². The molecule has 1 heterocycles. The molecule has 0 aromatic heterocycles. The largest absolute Gasteiger partial charge is 0.391 e. The molecule has 3 N–H and O–H groups in total. The first-order valence-electron chi connectivity index (χ1n) is 9.84. The van der Waals surface area contributed by atoms with Gasteiger partial charge in [0.2, 0.25) is 11.6 Å². The molecule has 1 aliphatic rings. The molecule has 0 bridgehead atoms. The van der Waals surface area contributed by atoms with Crippen LogP contribution in [0.4, 0.5) is 0 Å². The predicted octanol–water partition coefficient (Wildman–Crippen LogP) is 4.26. The standard InChI is InChI=1S/C19H38O4/c1-2-3-4-5-6-7-8-9-10-11-12-13-14-15-16-18(21)19(22,17-20)23-18/h20-22H,2-17H2,1H3. The van der Waals surface area contributed by atoms with Crippen molar-refractivity contribution in [3.05, 3.63) is 0 Å². The van der Waals surface area contributed by atoms with Crippen molar-refractivity contribution >= 4 is 0 Å². The first-order chi connectivity index (χ1) is 11.1. The Labute approximate surface area is 142 Å². The fraction of sp³-hybridized carbons (Fsp3) is 1.00. The number of rotatable bonds is 16. The van der Waals surface area contributed by atoms with E-state index in [1.807, 2.05) is 0 Å². The molecule has 4 heteroatoms. The molecular weight excluding hydrogens is 292 g/mol. The van der Waals surface area contributed by atoms with Gasteiger partial charge in [0, 0.05) is 6.42 Å². The van der Waals surface area contributed by atoms with Gasteiger partial charge in [-0.25, -0.2) is 0 Å². The maximum atomic E-state index is 9.81. The van der Waals surface area contributed by atoms with Crippen molar-refractivity contribution in [3.63, 3.8) is 0 Å². The molecule has 2 atom stereocenters. The van der Waals surface area contributed by atoms with Gasteiger partial charge in [-0.3, -0.25) is 0 Å². The predicted molar refractivity (Wildman–Crippen MR) is 93.0 cm³/mol. The molecule has 1 saturated heterocycles. The third-order valence-corrected chi connectivity index (χ3v) is 4.99. The molecule has 0 spiro atoms. The van der Waals surface area contributed by atoms with E-state index < -0.39 is 18.2 Å². The summed E-state index contributed by atoms with van der Waals surface area (Å²) in [6.07, 6.45) is 18.4. The Bertz CT molecular complexity index is 297. The third kappa shape index (κ3) is 7.97. The molecule has 0 amide bonds. The van der Waals surface area contributed by atoms with Crippen LogP contribution in [0, 0.1) is 0 Å². The van der Waals surface area contributed by atoms with Gasteiger partial charge in [-0.15, -0.1) is 0 Å². The fourth-order valence-electron chi connectivity index (χ4n) is 3.22. The highest BCUT2D eigenvalue weighted by Gasteiger charge is 2.68. The van der Waals surface area contributed by atoms with Crippen LogP contribution in [-0.2, 0) is 4.74 Å². The monoisotopic (exact) mass is 330 g/mol. The Hall–Kier alpha value is -0.160. The number of hydrogen-bond donors (Lipinski definition) is 3. The second kappa shape index (κ2) is 11.4. The summed E-state index contributed by atoms with van der Waals surface area (Å²) in [6, 6.07) is 0. The maximum absolute atomic E-state index is 9.81. The van der Waals surface area contributed by atoms with Crippen LogP contribution in [0.3, 0.4) is 0 Å². The normalized spacial score (nSPS) is 26.6. The number of ether oxygens (including phenoxy) is 1. The van der Waals surface area contributed by atoms with E-state index in [2.05, 4.69) is 6.92 Å². The summed E-state index contributed by atoms with van der Waals surface area (Å²) in [5.41, 5.74) is 0. The lowest BCUT2D eigenvalue weighted by molar-refractivity contribution is -0.0245. The average molecular weight is 331 g/mol. The highest BCUT2D eigenvalue weighted by atomic mass is 16.8. The summed E-state index contributed by atoms with van der Waals surface area (Å²) < 4.78 is 4.82. The molecule has 4 nitrogen and oxygen atoms in total. The van der Waals surface area contributed by atoms with E-state index in [0.717, 1.165) is 12.8 Å². The van der Waals surface area contributed by atoms with Crippen LogP contribution in [-0.4, -0.2) is 33.5 Å². The molecule has 0 radical (unpaired) electrons. The second-order valence-corrected chi connectivity index (χ2v) is 7.18. The number of hydrogen-bond acceptors (Lipinski definition) is 4. The maximum Gasteiger partial charge on any atom is 0.247 e. The van der Waals surface area contributed by atoms with Crippen molar-refractivity contribution in [1.29, 1.82) is 0 Å². The molecule has 1 rings (SSSR count). The van der Waals surface area contributed by atoms with Gasteiger partial charge in [-0.1, -0.05) is 90.4 Å². The third-order valence-electron chi connectivity index (χ3n) is 4.99. The smallest absolute Gasteiger partial charge is 0.247 e. The zero-order chi connectivity index (χ0) is 17.0. The highest BCUT2D eigenvalue weighted by Crippen LogP contribution is 2.46. The molecule has 2 unspecified atom stereocenters. The topological polar surface area (TPSA) is 73.2 Å². The minimum atomic E-state index is -1.70. The Morgan fingerprint density at radius 1 is 0.609 bits per heavy atom. The van der Waals surface area contributed by atoms with Crippen LogP contribution < -0.4 is 0 Å². The zero-order valence-electron chi connectivity index (χ0n) is 15.1. The number of unbranched alkanes of at least 4 members (excludes halogenated alkanes) is 13. The number of aliphatic hydroxyl groups is 3. The van der Waals surface area contributed by atoms with Crippen LogP contribution in [0.15, 0.2) is 0 Å². The first kappa shape index (κ1) is 20.9. The quantitative estimate of drug-likeness (QED) is 0.292. The Kier molecular flexibility index (Phi) is 10.4. The lowest BCUT2D eigenvalue weighted by atomic mass is 10.0. The Balaban J connectivity index is 1.76. The highest BCUT2D eigenvalue weighted by molar-refractivity contribution is 4.99. The second-order valence-electron chi connectivity index (χ2n) is 7.18. The summed E-state index contributed by atoms with van der Waals surface area (Å²) in [7, 11) is 0. The summed E-state index contributed by atoms with van der Waals surface area (Å²) in [6.45, 7) is 1.72. The lowest BCUT2D eigenvalue weighted by Crippen LogP contribution is -2.29. The summed E-state index contributed by atoms with van der Waals surface area (Å²) in [5.74, 6) is -3.21. The van der Waals surface area contributed by atoms with Gasteiger partial charge in [0.1, 0.15) is 6.61 Å². The Morgan fingerprint density at radius 3 is 1.35 bits per heavy atom. The minimum Gasteiger partial charge on any atom is -0.391 e. The summed E-state index contributed by atoms with van der Waals surface area (Å²) in [4.78, 5) is 0. The van der Waals surface area contributed by atoms with Gasteiger partial charge in [0.25, 0.3) is 0 Å². The van der Waals surface area contributed by atoms with Crippen LogP contribution in [0.25, 0.3) is 0 Å². The van der Waals surface area contributed by atoms with E-state index in [-0.39, 0.29) is 0 Å². The van der Waals surface area contributed by atoms with Crippen LogP contribution in [0.1, 0.15) is 103 Å². The molecular formula is C19H38O4. The van der Waals surface area contributed by atoms with Crippen molar-refractivity contribution in [2.45, 2.75) is 115 Å². The van der Waals surface area contributed by atoms with Gasteiger partial charge in [0.15, 0.2) is 0 Å². The van der Waals surface area contributed by atoms with Gasteiger partial charge in [-0.05, 0) is 6.42 Å². The van der Waals surface area contributed by atoms with E-state index in [9.17, 15) is 10.2 Å². The molecule has 1 fully saturated rings. The van der Waals surface area contributed by atoms with Gasteiger partial charge in [-0.2, -0.15) is 0 Å². The van der Waals surface area contributed by atoms with Crippen molar-refractivity contribution in [2.75, 3.05) is 6.61 Å². The van der Waals surface area contributed by atoms with Gasteiger partial charge >= 0.3 is 0 Å². The first-order valence-corrected chi connectivity index (χ1v) is 9.84. The number of aliphatic hydroxyl groups excluding tert-OH is 1. The molecule has 23 heavy (non-hydrogen) atoms. The number of epoxide rings is 1. The van der Waals surface area contributed by atoms with E-state index in [1.165, 1.54) is 77.0 Å². The SMILES string of the molecule is CCCCCCCCCCCCCCCCC1(O)OC1(O)CO. The molecule has 1 aliphatic heterocycles. The van der Waals surface area contributed by atoms with Crippen LogP contribution in [0.2, 0.25) is 0 Å². The van der Waals surface area contributed by atoms with Crippen LogP contribution in [0.5, 0.6) is 0 Å². The molecule has 138 valence electrons. The average Bonchev–Trinajstić information content (AvgIpc) is 3.10. The fourth-order valence-corrected chi connectivity index (χ4v) is 3.22. The Morgan fingerprint density at radius 2 is 1.00 bits per heavy atom.